The van der Waals surface area contributed by atoms with Gasteiger partial charge in [-0.05, 0) is 6.92 Å². The van der Waals surface area contributed by atoms with Crippen molar-refractivity contribution in [1.82, 2.24) is 15.1 Å². The summed E-state index contributed by atoms with van der Waals surface area (Å²) in [5, 5.41) is 12.1. The lowest BCUT2D eigenvalue weighted by molar-refractivity contribution is 0.0892. The number of carbonyl (C=O) groups excluding carboxylic acids is 1. The highest BCUT2D eigenvalue weighted by atomic mass is 16.5. The fraction of sp³-hybridized carbons (Fsp3) is 0.909. The minimum absolute atomic E-state index is 0.0289. The van der Waals surface area contributed by atoms with Gasteiger partial charge in [-0.3, -0.25) is 4.90 Å². The fourth-order valence-corrected chi connectivity index (χ4v) is 1.88. The van der Waals surface area contributed by atoms with Crippen LogP contribution in [0.15, 0.2) is 0 Å². The minimum Gasteiger partial charge on any atom is -0.392 e. The zero-order valence-electron chi connectivity index (χ0n) is 10.7. The van der Waals surface area contributed by atoms with Gasteiger partial charge in [-0.25, -0.2) is 4.79 Å². The molecular formula is C11H23N3O3. The third kappa shape index (κ3) is 5.34. The number of methoxy groups -OCH3 is 1. The van der Waals surface area contributed by atoms with Crippen LogP contribution >= 0.6 is 0 Å². The van der Waals surface area contributed by atoms with Crippen molar-refractivity contribution < 1.29 is 14.6 Å². The average Bonchev–Trinajstić information content (AvgIpc) is 2.29. The summed E-state index contributed by atoms with van der Waals surface area (Å²) in [5.74, 6) is 0. The molecule has 0 spiro atoms. The van der Waals surface area contributed by atoms with Gasteiger partial charge < -0.3 is 20.1 Å². The van der Waals surface area contributed by atoms with Gasteiger partial charge in [0.05, 0.1) is 12.7 Å². The van der Waals surface area contributed by atoms with Crippen LogP contribution < -0.4 is 5.32 Å². The number of nitrogens with one attached hydrogen (secondary N) is 1. The van der Waals surface area contributed by atoms with E-state index in [1.54, 1.807) is 18.9 Å². The first-order valence-electron chi connectivity index (χ1n) is 6.05. The van der Waals surface area contributed by atoms with Crippen LogP contribution in [0.5, 0.6) is 0 Å². The van der Waals surface area contributed by atoms with E-state index < -0.39 is 0 Å². The number of carbonyl (C=O) groups is 1. The van der Waals surface area contributed by atoms with Gasteiger partial charge in [-0.1, -0.05) is 0 Å². The molecule has 0 saturated carbocycles. The Morgan fingerprint density at radius 3 is 2.59 bits per heavy atom. The van der Waals surface area contributed by atoms with E-state index in [9.17, 15) is 9.90 Å². The Balaban J connectivity index is 2.19. The monoisotopic (exact) mass is 245 g/mol. The van der Waals surface area contributed by atoms with Crippen LogP contribution in [0, 0.1) is 0 Å². The van der Waals surface area contributed by atoms with Gasteiger partial charge >= 0.3 is 6.03 Å². The first-order chi connectivity index (χ1) is 8.13. The molecule has 1 atom stereocenters. The van der Waals surface area contributed by atoms with E-state index in [4.69, 9.17) is 4.74 Å². The van der Waals surface area contributed by atoms with Gasteiger partial charge in [0, 0.05) is 46.4 Å². The molecule has 0 bridgehead atoms. The van der Waals surface area contributed by atoms with Crippen molar-refractivity contribution in [2.45, 2.75) is 13.0 Å². The van der Waals surface area contributed by atoms with Crippen LogP contribution in [0.1, 0.15) is 6.92 Å². The summed E-state index contributed by atoms with van der Waals surface area (Å²) in [6.07, 6.45) is -0.308. The van der Waals surface area contributed by atoms with Crippen molar-refractivity contribution in [3.05, 3.63) is 0 Å². The molecule has 0 radical (unpaired) electrons. The highest BCUT2D eigenvalue weighted by molar-refractivity contribution is 5.74. The van der Waals surface area contributed by atoms with Gasteiger partial charge in [0.25, 0.3) is 0 Å². The molecule has 0 aromatic heterocycles. The number of β-amino-alcohol motifs (C(OH)–C–C–N with tert-alkyl or cyclic N) is 1. The molecule has 2 N–H and O–H groups in total. The number of rotatable bonds is 5. The standard InChI is InChI=1S/C11H23N3O3/c1-10(15)9-13-4-6-14(7-5-13)11(16)12-3-8-17-2/h10,15H,3-9H2,1-2H3,(H,12,16)/t10-/m0/s1. The van der Waals surface area contributed by atoms with Crippen LogP contribution in [-0.4, -0.2) is 80.0 Å². The molecule has 1 aliphatic rings. The predicted octanol–water partition coefficient (Wildman–Crippen LogP) is -0.659. The number of amides is 2. The Hall–Kier alpha value is -0.850. The van der Waals surface area contributed by atoms with Crippen LogP contribution in [0.3, 0.4) is 0 Å². The minimum atomic E-state index is -0.308. The number of piperazine rings is 1. The van der Waals surface area contributed by atoms with Gasteiger partial charge in [-0.15, -0.1) is 0 Å². The highest BCUT2D eigenvalue weighted by Crippen LogP contribution is 2.02. The van der Waals surface area contributed by atoms with Crippen LogP contribution in [-0.2, 0) is 4.74 Å². The molecule has 0 aliphatic carbocycles. The molecule has 1 fully saturated rings. The SMILES string of the molecule is COCCNC(=O)N1CCN(C[C@H](C)O)CC1. The largest absolute Gasteiger partial charge is 0.392 e. The number of ether oxygens (including phenoxy) is 1. The van der Waals surface area contributed by atoms with Gasteiger partial charge in [-0.2, -0.15) is 0 Å². The summed E-state index contributed by atoms with van der Waals surface area (Å²) in [7, 11) is 1.61. The quantitative estimate of drug-likeness (QED) is 0.631. The van der Waals surface area contributed by atoms with Crippen molar-refractivity contribution in [2.75, 3.05) is 53.0 Å². The van der Waals surface area contributed by atoms with E-state index in [0.717, 1.165) is 13.1 Å². The van der Waals surface area contributed by atoms with Gasteiger partial charge in [0.1, 0.15) is 0 Å². The molecule has 1 heterocycles. The number of aliphatic hydroxyl groups excluding tert-OH is 1. The number of nitrogens with zero attached hydrogens (tertiary/aromatic N) is 2. The maximum atomic E-state index is 11.7. The summed E-state index contributed by atoms with van der Waals surface area (Å²) in [4.78, 5) is 15.7. The summed E-state index contributed by atoms with van der Waals surface area (Å²) >= 11 is 0. The number of hydrogen-bond donors (Lipinski definition) is 2. The highest BCUT2D eigenvalue weighted by Gasteiger charge is 2.21. The number of urea groups is 1. The molecule has 0 aromatic carbocycles. The maximum Gasteiger partial charge on any atom is 0.317 e. The van der Waals surface area contributed by atoms with E-state index in [-0.39, 0.29) is 12.1 Å². The molecule has 6 heteroatoms. The molecule has 0 aromatic rings. The third-order valence-corrected chi connectivity index (χ3v) is 2.76. The third-order valence-electron chi connectivity index (χ3n) is 2.76. The molecule has 0 unspecified atom stereocenters. The summed E-state index contributed by atoms with van der Waals surface area (Å²) in [6.45, 7) is 6.61. The summed E-state index contributed by atoms with van der Waals surface area (Å²) in [5.41, 5.74) is 0. The number of aliphatic hydroxyl groups is 1. The van der Waals surface area contributed by atoms with Crippen LogP contribution in [0.4, 0.5) is 4.79 Å². The van der Waals surface area contributed by atoms with Crippen molar-refractivity contribution in [3.63, 3.8) is 0 Å². The number of hydrogen-bond acceptors (Lipinski definition) is 4. The van der Waals surface area contributed by atoms with Crippen molar-refractivity contribution in [3.8, 4) is 0 Å². The molecule has 2 amide bonds. The molecular weight excluding hydrogens is 222 g/mol. The van der Waals surface area contributed by atoms with Crippen molar-refractivity contribution in [2.24, 2.45) is 0 Å². The van der Waals surface area contributed by atoms with E-state index in [0.29, 0.717) is 32.8 Å². The van der Waals surface area contributed by atoms with E-state index in [2.05, 4.69) is 10.2 Å². The lowest BCUT2D eigenvalue weighted by Gasteiger charge is -2.35. The smallest absolute Gasteiger partial charge is 0.317 e. The molecule has 1 saturated heterocycles. The zero-order valence-corrected chi connectivity index (χ0v) is 10.7. The predicted molar refractivity (Wildman–Crippen MR) is 65.0 cm³/mol. The normalized spacial score (nSPS) is 19.1. The molecule has 100 valence electrons. The van der Waals surface area contributed by atoms with Crippen molar-refractivity contribution >= 4 is 6.03 Å². The lowest BCUT2D eigenvalue weighted by atomic mass is 10.3. The van der Waals surface area contributed by atoms with Crippen LogP contribution in [0.25, 0.3) is 0 Å². The molecule has 6 nitrogen and oxygen atoms in total. The topological polar surface area (TPSA) is 65.0 Å². The summed E-state index contributed by atoms with van der Waals surface area (Å²) in [6, 6.07) is -0.0289. The molecule has 1 aliphatic heterocycles. The second-order valence-electron chi connectivity index (χ2n) is 4.36. The lowest BCUT2D eigenvalue weighted by Crippen LogP contribution is -2.53. The second-order valence-corrected chi connectivity index (χ2v) is 4.36. The second kappa shape index (κ2) is 7.47. The molecule has 1 rings (SSSR count). The van der Waals surface area contributed by atoms with Crippen LogP contribution in [0.2, 0.25) is 0 Å². The van der Waals surface area contributed by atoms with Gasteiger partial charge in [0.2, 0.25) is 0 Å². The van der Waals surface area contributed by atoms with E-state index >= 15 is 0 Å². The Morgan fingerprint density at radius 1 is 1.41 bits per heavy atom. The zero-order chi connectivity index (χ0) is 12.7. The summed E-state index contributed by atoms with van der Waals surface area (Å²) < 4.78 is 4.87. The molecule has 17 heavy (non-hydrogen) atoms. The first-order valence-corrected chi connectivity index (χ1v) is 6.05. The van der Waals surface area contributed by atoms with Crippen molar-refractivity contribution in [1.29, 1.82) is 0 Å². The Labute approximate surface area is 103 Å². The first kappa shape index (κ1) is 14.2. The Kier molecular flexibility index (Phi) is 6.25. The Bertz CT molecular complexity index is 228. The van der Waals surface area contributed by atoms with E-state index in [1.807, 2.05) is 0 Å². The van der Waals surface area contributed by atoms with E-state index in [1.165, 1.54) is 0 Å². The van der Waals surface area contributed by atoms with Gasteiger partial charge in [0.15, 0.2) is 0 Å². The average molecular weight is 245 g/mol. The Morgan fingerprint density at radius 2 is 2.06 bits per heavy atom. The fourth-order valence-electron chi connectivity index (χ4n) is 1.88. The maximum absolute atomic E-state index is 11.7.